The summed E-state index contributed by atoms with van der Waals surface area (Å²) in [7, 11) is 0. The number of aromatic nitrogens is 1. The number of hydrogen-bond donors (Lipinski definition) is 0. The van der Waals surface area contributed by atoms with E-state index in [9.17, 15) is 9.18 Å². The molecule has 2 aromatic carbocycles. The number of benzene rings is 2. The van der Waals surface area contributed by atoms with Crippen molar-refractivity contribution in [3.05, 3.63) is 75.2 Å². The molecule has 0 aliphatic carbocycles. The Morgan fingerprint density at radius 3 is 2.17 bits per heavy atom. The van der Waals surface area contributed by atoms with Gasteiger partial charge in [-0.2, -0.15) is 4.99 Å². The van der Waals surface area contributed by atoms with Crippen molar-refractivity contribution in [3.8, 4) is 11.3 Å². The first kappa shape index (κ1) is 21.2. The minimum absolute atomic E-state index is 0.0395. The molecule has 1 aromatic heterocycles. The maximum atomic E-state index is 13.4. The highest BCUT2D eigenvalue weighted by Gasteiger charge is 2.16. The van der Waals surface area contributed by atoms with Crippen molar-refractivity contribution in [2.45, 2.75) is 53.0 Å². The molecule has 5 heteroatoms. The lowest BCUT2D eigenvalue weighted by atomic mass is 9.87. The maximum absolute atomic E-state index is 13.4. The summed E-state index contributed by atoms with van der Waals surface area (Å²) in [4.78, 5) is 19.1. The van der Waals surface area contributed by atoms with Gasteiger partial charge in [0.25, 0.3) is 5.91 Å². The van der Waals surface area contributed by atoms with Crippen molar-refractivity contribution in [1.82, 2.24) is 4.57 Å². The molecule has 3 rings (SSSR count). The zero-order valence-corrected chi connectivity index (χ0v) is 18.4. The van der Waals surface area contributed by atoms with Crippen LogP contribution in [0.5, 0.6) is 0 Å². The summed E-state index contributed by atoms with van der Waals surface area (Å²) in [6.45, 7) is 11.2. The molecule has 3 aromatic rings. The Hall–Kier alpha value is -2.53. The molecule has 152 valence electrons. The summed E-state index contributed by atoms with van der Waals surface area (Å²) in [5.41, 5.74) is 3.74. The first-order chi connectivity index (χ1) is 13.7. The lowest BCUT2D eigenvalue weighted by molar-refractivity contribution is 0.0997. The van der Waals surface area contributed by atoms with E-state index in [1.807, 2.05) is 35.8 Å². The Bertz CT molecular complexity index is 1070. The average molecular weight is 411 g/mol. The maximum Gasteiger partial charge on any atom is 0.279 e. The van der Waals surface area contributed by atoms with Gasteiger partial charge in [0.15, 0.2) is 4.80 Å². The van der Waals surface area contributed by atoms with E-state index in [2.05, 4.69) is 32.7 Å². The lowest BCUT2D eigenvalue weighted by Gasteiger charge is -2.18. The van der Waals surface area contributed by atoms with Gasteiger partial charge in [-0.3, -0.25) is 4.79 Å². The highest BCUT2D eigenvalue weighted by atomic mass is 32.1. The number of carbonyl (C=O) groups excluding carboxylic acids is 1. The van der Waals surface area contributed by atoms with Crippen molar-refractivity contribution >= 4 is 17.2 Å². The predicted octanol–water partition coefficient (Wildman–Crippen LogP) is 5.98. The Morgan fingerprint density at radius 1 is 1.03 bits per heavy atom. The zero-order chi connectivity index (χ0) is 21.2. The fourth-order valence-electron chi connectivity index (χ4n) is 3.26. The van der Waals surface area contributed by atoms with Crippen LogP contribution < -0.4 is 4.80 Å². The highest BCUT2D eigenvalue weighted by Crippen LogP contribution is 2.27. The molecule has 29 heavy (non-hydrogen) atoms. The van der Waals surface area contributed by atoms with Crippen LogP contribution in [0.2, 0.25) is 0 Å². The molecule has 0 atom stereocenters. The Balaban J connectivity index is 2.05. The molecule has 1 heterocycles. The molecule has 0 unspecified atom stereocenters. The first-order valence-electron chi connectivity index (χ1n) is 9.92. The van der Waals surface area contributed by atoms with Gasteiger partial charge in [-0.05, 0) is 66.3 Å². The number of halogens is 1. The van der Waals surface area contributed by atoms with Gasteiger partial charge in [0.1, 0.15) is 5.82 Å². The zero-order valence-electron chi connectivity index (χ0n) is 17.6. The van der Waals surface area contributed by atoms with E-state index in [4.69, 9.17) is 0 Å². The van der Waals surface area contributed by atoms with Crippen LogP contribution in [0.4, 0.5) is 4.39 Å². The quantitative estimate of drug-likeness (QED) is 0.521. The number of thiazole rings is 1. The molecule has 0 aliphatic rings. The lowest BCUT2D eigenvalue weighted by Crippen LogP contribution is -2.17. The number of hydrogen-bond acceptors (Lipinski definition) is 2. The monoisotopic (exact) mass is 410 g/mol. The van der Waals surface area contributed by atoms with E-state index in [-0.39, 0.29) is 17.1 Å². The molecule has 0 fully saturated rings. The van der Waals surface area contributed by atoms with Gasteiger partial charge in [0, 0.05) is 17.0 Å². The molecule has 0 radical (unpaired) electrons. The van der Waals surface area contributed by atoms with Crippen LogP contribution in [0.25, 0.3) is 11.3 Å². The molecule has 0 spiro atoms. The van der Waals surface area contributed by atoms with E-state index in [0.29, 0.717) is 16.9 Å². The minimum atomic E-state index is -0.260. The molecule has 0 aliphatic heterocycles. The Kier molecular flexibility index (Phi) is 6.18. The highest BCUT2D eigenvalue weighted by molar-refractivity contribution is 7.09. The largest absolute Gasteiger partial charge is 0.316 e. The molecule has 0 N–H and O–H groups in total. The summed E-state index contributed by atoms with van der Waals surface area (Å²) < 4.78 is 15.4. The molecule has 0 bridgehead atoms. The normalized spacial score (nSPS) is 12.4. The van der Waals surface area contributed by atoms with E-state index in [1.54, 1.807) is 12.1 Å². The molecule has 0 saturated carbocycles. The average Bonchev–Trinajstić information content (AvgIpc) is 3.05. The number of rotatable bonds is 4. The van der Waals surface area contributed by atoms with Gasteiger partial charge < -0.3 is 4.57 Å². The van der Waals surface area contributed by atoms with Crippen LogP contribution in [0.15, 0.2) is 53.5 Å². The van der Waals surface area contributed by atoms with Crippen molar-refractivity contribution in [1.29, 1.82) is 0 Å². The van der Waals surface area contributed by atoms with Crippen LogP contribution in [-0.2, 0) is 18.4 Å². The van der Waals surface area contributed by atoms with Crippen molar-refractivity contribution in [3.63, 3.8) is 0 Å². The molecule has 3 nitrogen and oxygen atoms in total. The fraction of sp³-hybridized carbons (Fsp3) is 0.333. The molecular weight excluding hydrogens is 383 g/mol. The van der Waals surface area contributed by atoms with Gasteiger partial charge in [-0.1, -0.05) is 39.8 Å². The van der Waals surface area contributed by atoms with Crippen LogP contribution in [0.1, 0.15) is 55.4 Å². The number of aryl methyl sites for hydroxylation is 1. The summed E-state index contributed by atoms with van der Waals surface area (Å²) in [6, 6.07) is 14.2. The van der Waals surface area contributed by atoms with Gasteiger partial charge >= 0.3 is 0 Å². The van der Waals surface area contributed by atoms with Gasteiger partial charge in [0.2, 0.25) is 0 Å². The summed E-state index contributed by atoms with van der Waals surface area (Å²) in [5.74, 6) is -0.508. The van der Waals surface area contributed by atoms with Crippen LogP contribution in [0, 0.1) is 5.82 Å². The third-order valence-electron chi connectivity index (χ3n) is 4.93. The fourth-order valence-corrected chi connectivity index (χ4v) is 4.41. The van der Waals surface area contributed by atoms with Gasteiger partial charge in [-0.15, -0.1) is 11.3 Å². The Morgan fingerprint density at radius 2 is 1.66 bits per heavy atom. The van der Waals surface area contributed by atoms with Crippen LogP contribution in [-0.4, -0.2) is 10.5 Å². The SMILES string of the molecule is CCc1sc(=NC(=O)c2ccc(C(C)(C)C)cc2)n(CC)c1-c1ccc(F)cc1. The topological polar surface area (TPSA) is 34.4 Å². The van der Waals surface area contributed by atoms with Crippen molar-refractivity contribution < 1.29 is 9.18 Å². The van der Waals surface area contributed by atoms with Crippen LogP contribution >= 0.6 is 11.3 Å². The third kappa shape index (κ3) is 4.56. The van der Waals surface area contributed by atoms with Crippen molar-refractivity contribution in [2.75, 3.05) is 0 Å². The second kappa shape index (κ2) is 8.46. The molecular formula is C24H27FN2OS. The van der Waals surface area contributed by atoms with Gasteiger partial charge in [-0.25, -0.2) is 4.39 Å². The second-order valence-electron chi connectivity index (χ2n) is 8.01. The third-order valence-corrected chi connectivity index (χ3v) is 6.15. The number of carbonyl (C=O) groups is 1. The summed E-state index contributed by atoms with van der Waals surface area (Å²) >= 11 is 1.52. The van der Waals surface area contributed by atoms with E-state index >= 15 is 0 Å². The van der Waals surface area contributed by atoms with Gasteiger partial charge in [0.05, 0.1) is 5.69 Å². The minimum Gasteiger partial charge on any atom is -0.316 e. The first-order valence-corrected chi connectivity index (χ1v) is 10.7. The van der Waals surface area contributed by atoms with E-state index in [1.165, 1.54) is 29.0 Å². The molecule has 0 saturated heterocycles. The van der Waals surface area contributed by atoms with Crippen molar-refractivity contribution in [2.24, 2.45) is 4.99 Å². The van der Waals surface area contributed by atoms with E-state index in [0.717, 1.165) is 22.6 Å². The Labute approximate surface area is 175 Å². The second-order valence-corrected chi connectivity index (χ2v) is 9.07. The summed E-state index contributed by atoms with van der Waals surface area (Å²) in [6.07, 6.45) is 0.821. The number of nitrogens with zero attached hydrogens (tertiary/aromatic N) is 2. The van der Waals surface area contributed by atoms with E-state index < -0.39 is 0 Å². The predicted molar refractivity (Wildman–Crippen MR) is 118 cm³/mol. The summed E-state index contributed by atoms with van der Waals surface area (Å²) in [5, 5.41) is 0. The molecule has 1 amide bonds. The number of amides is 1. The standard InChI is InChI=1S/C24H27FN2OS/c1-6-20-21(16-10-14-19(25)15-11-16)27(7-2)23(29-20)26-22(28)17-8-12-18(13-9-17)24(3,4)5/h8-15H,6-7H2,1-5H3. The smallest absolute Gasteiger partial charge is 0.279 e. The van der Waals surface area contributed by atoms with Crippen LogP contribution in [0.3, 0.4) is 0 Å².